The molecule has 1 aromatic heterocycles. The molecule has 0 saturated carbocycles. The number of nitrogens with zero attached hydrogens (tertiary/aromatic N) is 1. The molecule has 0 aliphatic carbocycles. The van der Waals surface area contributed by atoms with Gasteiger partial charge in [0.2, 0.25) is 0 Å². The molecule has 0 saturated heterocycles. The lowest BCUT2D eigenvalue weighted by Crippen LogP contribution is -2.46. The Morgan fingerprint density at radius 3 is 2.92 bits per heavy atom. The van der Waals surface area contributed by atoms with E-state index in [0.29, 0.717) is 6.42 Å². The second kappa shape index (κ2) is 4.36. The van der Waals surface area contributed by atoms with Crippen LogP contribution in [0.15, 0.2) is 17.5 Å². The fourth-order valence-corrected chi connectivity index (χ4v) is 1.76. The number of amides is 1. The zero-order valence-corrected chi connectivity index (χ0v) is 8.25. The number of carbonyl (C=O) groups is 1. The molecule has 0 spiro atoms. The average molecular weight is 199 g/mol. The van der Waals surface area contributed by atoms with Crippen LogP contribution in [0.1, 0.15) is 4.88 Å². The number of hydrogen-bond donors (Lipinski definition) is 2. The SMILES string of the molecule is CN(N)C(=O)C(N)Cc1cccs1. The zero-order valence-electron chi connectivity index (χ0n) is 7.43. The van der Waals surface area contributed by atoms with Gasteiger partial charge in [-0.1, -0.05) is 6.07 Å². The van der Waals surface area contributed by atoms with E-state index in [1.807, 2.05) is 17.5 Å². The Balaban J connectivity index is 2.51. The van der Waals surface area contributed by atoms with Crippen LogP contribution in [0.3, 0.4) is 0 Å². The van der Waals surface area contributed by atoms with E-state index in [0.717, 1.165) is 9.89 Å². The van der Waals surface area contributed by atoms with Gasteiger partial charge in [-0.2, -0.15) is 0 Å². The highest BCUT2D eigenvalue weighted by molar-refractivity contribution is 7.09. The monoisotopic (exact) mass is 199 g/mol. The van der Waals surface area contributed by atoms with E-state index in [1.54, 1.807) is 11.3 Å². The number of nitrogens with two attached hydrogens (primary N) is 2. The number of thiophene rings is 1. The minimum atomic E-state index is -0.534. The summed E-state index contributed by atoms with van der Waals surface area (Å²) in [7, 11) is 1.50. The normalized spacial score (nSPS) is 12.5. The minimum Gasteiger partial charge on any atom is -0.320 e. The van der Waals surface area contributed by atoms with Gasteiger partial charge in [0, 0.05) is 18.3 Å². The molecule has 4 N–H and O–H groups in total. The molecule has 0 aliphatic heterocycles. The molecule has 0 aromatic carbocycles. The van der Waals surface area contributed by atoms with Gasteiger partial charge in [0.05, 0.1) is 6.04 Å². The van der Waals surface area contributed by atoms with Crippen molar-refractivity contribution >= 4 is 17.2 Å². The largest absolute Gasteiger partial charge is 0.320 e. The lowest BCUT2D eigenvalue weighted by molar-refractivity contribution is -0.131. The molecule has 0 bridgehead atoms. The summed E-state index contributed by atoms with van der Waals surface area (Å²) in [5, 5.41) is 2.98. The Bertz CT molecular complexity index is 271. The summed E-state index contributed by atoms with van der Waals surface area (Å²) in [5.74, 6) is 5.03. The van der Waals surface area contributed by atoms with Crippen LogP contribution in [0.2, 0.25) is 0 Å². The van der Waals surface area contributed by atoms with E-state index in [1.165, 1.54) is 7.05 Å². The highest BCUT2D eigenvalue weighted by Crippen LogP contribution is 2.10. The Hall–Kier alpha value is -0.910. The van der Waals surface area contributed by atoms with Crippen molar-refractivity contribution in [3.8, 4) is 0 Å². The van der Waals surface area contributed by atoms with E-state index < -0.39 is 6.04 Å². The second-order valence-corrected chi connectivity index (χ2v) is 3.87. The van der Waals surface area contributed by atoms with E-state index in [-0.39, 0.29) is 5.91 Å². The van der Waals surface area contributed by atoms with Crippen molar-refractivity contribution in [1.82, 2.24) is 5.01 Å². The van der Waals surface area contributed by atoms with Gasteiger partial charge < -0.3 is 5.73 Å². The Kier molecular flexibility index (Phi) is 3.41. The molecular formula is C8H13N3OS. The van der Waals surface area contributed by atoms with Gasteiger partial charge >= 0.3 is 0 Å². The summed E-state index contributed by atoms with van der Waals surface area (Å²) in [5.41, 5.74) is 5.64. The first-order valence-corrected chi connectivity index (χ1v) is 4.79. The molecule has 5 heteroatoms. The number of hydrogen-bond acceptors (Lipinski definition) is 4. The van der Waals surface area contributed by atoms with Gasteiger partial charge in [-0.15, -0.1) is 11.3 Å². The Morgan fingerprint density at radius 1 is 1.77 bits per heavy atom. The van der Waals surface area contributed by atoms with Crippen LogP contribution in [0, 0.1) is 0 Å². The highest BCUT2D eigenvalue weighted by Gasteiger charge is 2.16. The Labute approximate surface area is 81.1 Å². The number of likely N-dealkylation sites (N-methyl/N-ethyl adjacent to an activating group) is 1. The number of rotatable bonds is 3. The number of hydrazine groups is 1. The first kappa shape index (κ1) is 10.2. The maximum Gasteiger partial charge on any atom is 0.253 e. The first-order valence-electron chi connectivity index (χ1n) is 3.91. The topological polar surface area (TPSA) is 72.3 Å². The van der Waals surface area contributed by atoms with E-state index in [9.17, 15) is 4.79 Å². The summed E-state index contributed by atoms with van der Waals surface area (Å²) in [6.45, 7) is 0. The molecular weight excluding hydrogens is 186 g/mol. The molecule has 0 fully saturated rings. The van der Waals surface area contributed by atoms with E-state index >= 15 is 0 Å². The smallest absolute Gasteiger partial charge is 0.253 e. The van der Waals surface area contributed by atoms with Crippen molar-refractivity contribution in [2.24, 2.45) is 11.6 Å². The maximum absolute atomic E-state index is 11.2. The van der Waals surface area contributed by atoms with Crippen LogP contribution in [-0.2, 0) is 11.2 Å². The summed E-state index contributed by atoms with van der Waals surface area (Å²) < 4.78 is 0. The highest BCUT2D eigenvalue weighted by atomic mass is 32.1. The van der Waals surface area contributed by atoms with Gasteiger partial charge in [0.15, 0.2) is 0 Å². The van der Waals surface area contributed by atoms with Crippen molar-refractivity contribution in [1.29, 1.82) is 0 Å². The third-order valence-electron chi connectivity index (χ3n) is 1.67. The zero-order chi connectivity index (χ0) is 9.84. The third kappa shape index (κ3) is 2.80. The third-order valence-corrected chi connectivity index (χ3v) is 2.56. The number of carbonyl (C=O) groups excluding carboxylic acids is 1. The van der Waals surface area contributed by atoms with Crippen LogP contribution < -0.4 is 11.6 Å². The average Bonchev–Trinajstić information content (AvgIpc) is 2.55. The summed E-state index contributed by atoms with van der Waals surface area (Å²) >= 11 is 1.59. The van der Waals surface area contributed by atoms with Gasteiger partial charge in [0.1, 0.15) is 0 Å². The maximum atomic E-state index is 11.2. The van der Waals surface area contributed by atoms with Crippen LogP contribution in [0.25, 0.3) is 0 Å². The predicted octanol–water partition coefficient (Wildman–Crippen LogP) is -0.0500. The Morgan fingerprint density at radius 2 is 2.46 bits per heavy atom. The lowest BCUT2D eigenvalue weighted by atomic mass is 10.2. The molecule has 1 amide bonds. The summed E-state index contributed by atoms with van der Waals surface area (Å²) in [6.07, 6.45) is 0.554. The molecule has 1 heterocycles. The van der Waals surface area contributed by atoms with Gasteiger partial charge in [-0.25, -0.2) is 5.84 Å². The standard InChI is InChI=1S/C8H13N3OS/c1-11(10)8(12)7(9)5-6-3-2-4-13-6/h2-4,7H,5,9-10H2,1H3. The van der Waals surface area contributed by atoms with Gasteiger partial charge in [-0.05, 0) is 11.4 Å². The van der Waals surface area contributed by atoms with Crippen LogP contribution >= 0.6 is 11.3 Å². The van der Waals surface area contributed by atoms with Gasteiger partial charge in [-0.3, -0.25) is 9.80 Å². The summed E-state index contributed by atoms with van der Waals surface area (Å²) in [4.78, 5) is 12.3. The molecule has 13 heavy (non-hydrogen) atoms. The van der Waals surface area contributed by atoms with E-state index in [4.69, 9.17) is 11.6 Å². The summed E-state index contributed by atoms with van der Waals surface area (Å²) in [6, 6.07) is 3.35. The minimum absolute atomic E-state index is 0.242. The van der Waals surface area contributed by atoms with Crippen LogP contribution in [0.4, 0.5) is 0 Å². The molecule has 1 aromatic rings. The fourth-order valence-electron chi connectivity index (χ4n) is 0.994. The van der Waals surface area contributed by atoms with Crippen molar-refractivity contribution in [3.05, 3.63) is 22.4 Å². The first-order chi connectivity index (χ1) is 6.11. The van der Waals surface area contributed by atoms with Crippen molar-refractivity contribution in [2.45, 2.75) is 12.5 Å². The van der Waals surface area contributed by atoms with E-state index in [2.05, 4.69) is 0 Å². The predicted molar refractivity (Wildman–Crippen MR) is 53.0 cm³/mol. The van der Waals surface area contributed by atoms with Crippen molar-refractivity contribution < 1.29 is 4.79 Å². The molecule has 72 valence electrons. The quantitative estimate of drug-likeness (QED) is 0.407. The van der Waals surface area contributed by atoms with Crippen LogP contribution in [0.5, 0.6) is 0 Å². The molecule has 4 nitrogen and oxygen atoms in total. The molecule has 1 atom stereocenters. The van der Waals surface area contributed by atoms with Crippen molar-refractivity contribution in [3.63, 3.8) is 0 Å². The van der Waals surface area contributed by atoms with Crippen LogP contribution in [-0.4, -0.2) is 24.0 Å². The second-order valence-electron chi connectivity index (χ2n) is 2.84. The molecule has 1 unspecified atom stereocenters. The lowest BCUT2D eigenvalue weighted by Gasteiger charge is -2.15. The molecule has 0 radical (unpaired) electrons. The van der Waals surface area contributed by atoms with Crippen molar-refractivity contribution in [2.75, 3.05) is 7.05 Å². The molecule has 0 aliphatic rings. The van der Waals surface area contributed by atoms with Gasteiger partial charge in [0.25, 0.3) is 5.91 Å². The fraction of sp³-hybridized carbons (Fsp3) is 0.375. The molecule has 1 rings (SSSR count).